The molecule has 0 saturated carbocycles. The number of aromatic nitrogens is 1. The van der Waals surface area contributed by atoms with Crippen molar-refractivity contribution in [3.63, 3.8) is 0 Å². The number of hydrogen-bond donors (Lipinski definition) is 0. The molecule has 1 nitrogen and oxygen atoms in total. The Morgan fingerprint density at radius 3 is 1.62 bits per heavy atom. The standard InChI is InChI=1S/C31H25N/c1-20-12-16-22(17-13-20)28-24-8-4-5-9-25(24)31-30(26-10-6-7-11-27(26)32(31)3)29(28)23-18-14-21(2)15-19-23/h4-19H,1-3H3. The van der Waals surface area contributed by atoms with E-state index in [1.165, 1.54) is 66.0 Å². The van der Waals surface area contributed by atoms with Crippen LogP contribution in [0.15, 0.2) is 97.1 Å². The Morgan fingerprint density at radius 2 is 1.00 bits per heavy atom. The second-order valence-electron chi connectivity index (χ2n) is 8.83. The van der Waals surface area contributed by atoms with Crippen molar-refractivity contribution in [1.29, 1.82) is 0 Å². The fraction of sp³-hybridized carbons (Fsp3) is 0.0968. The van der Waals surface area contributed by atoms with Gasteiger partial charge in [-0.25, -0.2) is 0 Å². The highest BCUT2D eigenvalue weighted by molar-refractivity contribution is 6.28. The summed E-state index contributed by atoms with van der Waals surface area (Å²) in [5, 5.41) is 5.24. The summed E-state index contributed by atoms with van der Waals surface area (Å²) in [6, 6.07) is 35.6. The lowest BCUT2D eigenvalue weighted by Crippen LogP contribution is -1.93. The molecule has 0 N–H and O–H groups in total. The largest absolute Gasteiger partial charge is 0.343 e. The Labute approximate surface area is 188 Å². The average Bonchev–Trinajstić information content (AvgIpc) is 3.12. The van der Waals surface area contributed by atoms with E-state index in [0.717, 1.165) is 0 Å². The van der Waals surface area contributed by atoms with Crippen molar-refractivity contribution in [3.8, 4) is 22.3 Å². The van der Waals surface area contributed by atoms with Crippen LogP contribution in [-0.4, -0.2) is 4.57 Å². The molecular formula is C31H25N. The lowest BCUT2D eigenvalue weighted by Gasteiger charge is -2.18. The van der Waals surface area contributed by atoms with Crippen LogP contribution in [0.25, 0.3) is 54.8 Å². The smallest absolute Gasteiger partial charge is 0.0575 e. The molecule has 1 aromatic heterocycles. The zero-order valence-corrected chi connectivity index (χ0v) is 18.7. The highest BCUT2D eigenvalue weighted by Crippen LogP contribution is 2.47. The molecule has 1 heteroatoms. The number of benzene rings is 5. The van der Waals surface area contributed by atoms with E-state index < -0.39 is 0 Å². The van der Waals surface area contributed by atoms with Gasteiger partial charge < -0.3 is 4.57 Å². The molecule has 0 bridgehead atoms. The van der Waals surface area contributed by atoms with Crippen LogP contribution in [0.3, 0.4) is 0 Å². The maximum atomic E-state index is 2.36. The fourth-order valence-corrected chi connectivity index (χ4v) is 5.16. The monoisotopic (exact) mass is 411 g/mol. The van der Waals surface area contributed by atoms with E-state index in [1.54, 1.807) is 0 Å². The summed E-state index contributed by atoms with van der Waals surface area (Å²) in [6.07, 6.45) is 0. The Hall–Kier alpha value is -3.84. The molecule has 0 aliphatic heterocycles. The van der Waals surface area contributed by atoms with Gasteiger partial charge in [-0.05, 0) is 42.0 Å². The van der Waals surface area contributed by atoms with Crippen LogP contribution in [-0.2, 0) is 7.05 Å². The molecule has 0 unspecified atom stereocenters. The summed E-state index contributed by atoms with van der Waals surface area (Å²) in [5.41, 5.74) is 10.3. The van der Waals surface area contributed by atoms with Crippen molar-refractivity contribution < 1.29 is 0 Å². The van der Waals surface area contributed by atoms with Crippen molar-refractivity contribution in [2.24, 2.45) is 7.05 Å². The van der Waals surface area contributed by atoms with Crippen LogP contribution in [0.5, 0.6) is 0 Å². The topological polar surface area (TPSA) is 4.93 Å². The second-order valence-corrected chi connectivity index (χ2v) is 8.83. The minimum Gasteiger partial charge on any atom is -0.343 e. The second kappa shape index (κ2) is 7.10. The van der Waals surface area contributed by atoms with Crippen LogP contribution in [0.4, 0.5) is 0 Å². The van der Waals surface area contributed by atoms with Crippen molar-refractivity contribution in [3.05, 3.63) is 108 Å². The molecule has 0 amide bonds. The maximum Gasteiger partial charge on any atom is 0.0575 e. The minimum atomic E-state index is 1.26. The summed E-state index contributed by atoms with van der Waals surface area (Å²) in [4.78, 5) is 0. The first-order valence-electron chi connectivity index (χ1n) is 11.2. The van der Waals surface area contributed by atoms with E-state index in [2.05, 4.69) is 123 Å². The number of fused-ring (bicyclic) bond motifs is 5. The number of hydrogen-bond acceptors (Lipinski definition) is 0. The summed E-state index contributed by atoms with van der Waals surface area (Å²) in [5.74, 6) is 0. The van der Waals surface area contributed by atoms with Crippen LogP contribution >= 0.6 is 0 Å². The zero-order valence-electron chi connectivity index (χ0n) is 18.7. The van der Waals surface area contributed by atoms with E-state index in [0.29, 0.717) is 0 Å². The molecule has 154 valence electrons. The van der Waals surface area contributed by atoms with Crippen LogP contribution < -0.4 is 0 Å². The van der Waals surface area contributed by atoms with Crippen molar-refractivity contribution in [2.75, 3.05) is 0 Å². The minimum absolute atomic E-state index is 1.26. The van der Waals surface area contributed by atoms with Gasteiger partial charge in [0.25, 0.3) is 0 Å². The third-order valence-electron chi connectivity index (χ3n) is 6.74. The van der Waals surface area contributed by atoms with Gasteiger partial charge in [0.05, 0.1) is 5.52 Å². The third-order valence-corrected chi connectivity index (χ3v) is 6.74. The lowest BCUT2D eigenvalue weighted by atomic mass is 9.86. The average molecular weight is 412 g/mol. The fourth-order valence-electron chi connectivity index (χ4n) is 5.16. The first-order valence-corrected chi connectivity index (χ1v) is 11.2. The molecule has 0 atom stereocenters. The number of aryl methyl sites for hydroxylation is 3. The van der Waals surface area contributed by atoms with Crippen LogP contribution in [0.1, 0.15) is 11.1 Å². The molecule has 6 rings (SSSR count). The highest BCUT2D eigenvalue weighted by Gasteiger charge is 2.22. The molecule has 32 heavy (non-hydrogen) atoms. The Kier molecular flexibility index (Phi) is 4.19. The molecule has 0 radical (unpaired) electrons. The molecule has 6 aromatic rings. The normalized spacial score (nSPS) is 11.6. The maximum absolute atomic E-state index is 2.36. The SMILES string of the molecule is Cc1ccc(-c2c(-c3ccc(C)cc3)c3c4ccccc4n(C)c3c3ccccc23)cc1. The van der Waals surface area contributed by atoms with E-state index in [9.17, 15) is 0 Å². The molecule has 0 aliphatic rings. The highest BCUT2D eigenvalue weighted by atomic mass is 14.9. The quantitative estimate of drug-likeness (QED) is 0.269. The number of nitrogens with zero attached hydrogens (tertiary/aromatic N) is 1. The summed E-state index contributed by atoms with van der Waals surface area (Å²) in [7, 11) is 2.20. The van der Waals surface area contributed by atoms with Crippen LogP contribution in [0, 0.1) is 13.8 Å². The van der Waals surface area contributed by atoms with Gasteiger partial charge in [-0.2, -0.15) is 0 Å². The van der Waals surface area contributed by atoms with Gasteiger partial charge in [-0.1, -0.05) is 102 Å². The van der Waals surface area contributed by atoms with Gasteiger partial charge in [-0.3, -0.25) is 0 Å². The summed E-state index contributed by atoms with van der Waals surface area (Å²) in [6.45, 7) is 4.30. The number of rotatable bonds is 2. The molecule has 0 fully saturated rings. The van der Waals surface area contributed by atoms with E-state index in [4.69, 9.17) is 0 Å². The zero-order chi connectivity index (χ0) is 21.8. The first-order chi connectivity index (χ1) is 15.6. The van der Waals surface area contributed by atoms with E-state index in [-0.39, 0.29) is 0 Å². The molecular weight excluding hydrogens is 386 g/mol. The molecule has 0 spiro atoms. The van der Waals surface area contributed by atoms with E-state index in [1.807, 2.05) is 0 Å². The Morgan fingerprint density at radius 1 is 0.500 bits per heavy atom. The summed E-state index contributed by atoms with van der Waals surface area (Å²) >= 11 is 0. The van der Waals surface area contributed by atoms with Gasteiger partial charge in [0, 0.05) is 34.3 Å². The Balaban J connectivity index is 1.93. The van der Waals surface area contributed by atoms with Crippen molar-refractivity contribution >= 4 is 32.6 Å². The number of para-hydroxylation sites is 1. The van der Waals surface area contributed by atoms with Gasteiger partial charge in [0.15, 0.2) is 0 Å². The van der Waals surface area contributed by atoms with Gasteiger partial charge in [-0.15, -0.1) is 0 Å². The predicted molar refractivity (Wildman–Crippen MR) is 138 cm³/mol. The predicted octanol–water partition coefficient (Wildman–Crippen LogP) is 8.44. The third kappa shape index (κ3) is 2.71. The van der Waals surface area contributed by atoms with Crippen molar-refractivity contribution in [2.45, 2.75) is 13.8 Å². The molecule has 0 aliphatic carbocycles. The Bertz CT molecular complexity index is 1610. The van der Waals surface area contributed by atoms with Crippen LogP contribution in [0.2, 0.25) is 0 Å². The molecule has 1 heterocycles. The van der Waals surface area contributed by atoms with E-state index >= 15 is 0 Å². The molecule has 0 saturated heterocycles. The summed E-state index contributed by atoms with van der Waals surface area (Å²) < 4.78 is 2.36. The van der Waals surface area contributed by atoms with Gasteiger partial charge >= 0.3 is 0 Å². The van der Waals surface area contributed by atoms with Crippen molar-refractivity contribution in [1.82, 2.24) is 4.57 Å². The molecule has 5 aromatic carbocycles. The first kappa shape index (κ1) is 18.9. The van der Waals surface area contributed by atoms with Gasteiger partial charge in [0.1, 0.15) is 0 Å². The lowest BCUT2D eigenvalue weighted by molar-refractivity contribution is 1.02. The van der Waals surface area contributed by atoms with Gasteiger partial charge in [0.2, 0.25) is 0 Å².